The van der Waals surface area contributed by atoms with Crippen molar-refractivity contribution in [1.82, 2.24) is 10.1 Å². The molecule has 8 nitrogen and oxygen atoms in total. The van der Waals surface area contributed by atoms with Crippen molar-refractivity contribution in [3.8, 4) is 23.2 Å². The molecule has 0 amide bonds. The van der Waals surface area contributed by atoms with E-state index < -0.39 is 0 Å². The van der Waals surface area contributed by atoms with Crippen LogP contribution < -0.4 is 16.2 Å². The number of rotatable bonds is 5. The van der Waals surface area contributed by atoms with Gasteiger partial charge in [0.15, 0.2) is 6.04 Å². The Hall–Kier alpha value is -4.38. The molecule has 4 aromatic rings. The molecule has 0 saturated carbocycles. The predicted molar refractivity (Wildman–Crippen MR) is 123 cm³/mol. The van der Waals surface area contributed by atoms with E-state index in [-0.39, 0.29) is 12.0 Å². The lowest BCUT2D eigenvalue weighted by Crippen LogP contribution is -2.35. The fourth-order valence-electron chi connectivity index (χ4n) is 4.12. The molecular weight excluding hydrogens is 416 g/mol. The molecule has 1 aliphatic heterocycles. The minimum Gasteiger partial charge on any atom is -0.489 e. The first-order valence-electron chi connectivity index (χ1n) is 10.7. The molecule has 0 unspecified atom stereocenters. The molecule has 8 heteroatoms. The Morgan fingerprint density at radius 3 is 2.67 bits per heavy atom. The Labute approximate surface area is 190 Å². The molecule has 164 valence electrons. The SMILES string of the molecule is N#Cc1ccc(COc2ccc3cc(-c4noc([C@@H]5CCC[N+]5=C(N)N)n4)ccc3c2)cc1. The topological polar surface area (TPSA) is 127 Å². The van der Waals surface area contributed by atoms with Crippen molar-refractivity contribution in [3.63, 3.8) is 0 Å². The van der Waals surface area contributed by atoms with E-state index in [1.807, 2.05) is 53.1 Å². The number of aromatic nitrogens is 2. The lowest BCUT2D eigenvalue weighted by atomic mass is 10.1. The zero-order valence-electron chi connectivity index (χ0n) is 17.9. The number of hydrogen-bond donors (Lipinski definition) is 2. The molecule has 2 heterocycles. The summed E-state index contributed by atoms with van der Waals surface area (Å²) < 4.78 is 13.4. The molecule has 1 saturated heterocycles. The Morgan fingerprint density at radius 2 is 1.88 bits per heavy atom. The Kier molecular flexibility index (Phi) is 5.37. The lowest BCUT2D eigenvalue weighted by Gasteiger charge is -2.08. The van der Waals surface area contributed by atoms with E-state index in [0.717, 1.165) is 47.0 Å². The van der Waals surface area contributed by atoms with Crippen molar-refractivity contribution < 1.29 is 13.8 Å². The highest BCUT2D eigenvalue weighted by Crippen LogP contribution is 2.30. The normalized spacial score (nSPS) is 15.5. The van der Waals surface area contributed by atoms with Crippen LogP contribution in [-0.2, 0) is 6.61 Å². The second-order valence-electron chi connectivity index (χ2n) is 8.05. The van der Waals surface area contributed by atoms with Gasteiger partial charge in [0.2, 0.25) is 5.82 Å². The summed E-state index contributed by atoms with van der Waals surface area (Å²) in [6.45, 7) is 1.22. The Morgan fingerprint density at radius 1 is 1.09 bits per heavy atom. The molecule has 33 heavy (non-hydrogen) atoms. The Bertz CT molecular complexity index is 1380. The maximum absolute atomic E-state index is 8.90. The molecule has 1 atom stereocenters. The van der Waals surface area contributed by atoms with E-state index in [2.05, 4.69) is 16.2 Å². The van der Waals surface area contributed by atoms with Gasteiger partial charge in [0.1, 0.15) is 12.4 Å². The van der Waals surface area contributed by atoms with Gasteiger partial charge in [-0.3, -0.25) is 16.0 Å². The number of guanidine groups is 1. The molecule has 0 aliphatic carbocycles. The summed E-state index contributed by atoms with van der Waals surface area (Å²) >= 11 is 0. The average molecular weight is 439 g/mol. The minimum atomic E-state index is -0.0764. The van der Waals surface area contributed by atoms with E-state index in [1.54, 1.807) is 12.1 Å². The van der Waals surface area contributed by atoms with Gasteiger partial charge in [-0.25, -0.2) is 0 Å². The van der Waals surface area contributed by atoms with Gasteiger partial charge in [-0.1, -0.05) is 35.5 Å². The standard InChI is InChI=1S/C25H22N6O2/c26-14-16-3-5-17(6-4-16)15-32-21-10-9-18-12-20(8-7-19(18)13-21)23-29-24(33-30-23)22-2-1-11-31(22)25(27)28/h3-10,12-13,22H,1-2,11,15H2,(H3,27,28)/p+1/t22-/m0/s1. The summed E-state index contributed by atoms with van der Waals surface area (Å²) in [6.07, 6.45) is 1.86. The molecule has 0 radical (unpaired) electrons. The highest BCUT2D eigenvalue weighted by atomic mass is 16.5. The van der Waals surface area contributed by atoms with Crippen molar-refractivity contribution in [2.24, 2.45) is 11.5 Å². The third kappa shape index (κ3) is 4.21. The third-order valence-electron chi connectivity index (χ3n) is 5.87. The smallest absolute Gasteiger partial charge is 0.341 e. The molecule has 1 aromatic heterocycles. The number of nitrogens with zero attached hydrogens (tertiary/aromatic N) is 4. The molecule has 3 aromatic carbocycles. The zero-order valence-corrected chi connectivity index (χ0v) is 17.9. The van der Waals surface area contributed by atoms with E-state index in [0.29, 0.717) is 23.9 Å². The van der Waals surface area contributed by atoms with Crippen LogP contribution in [-0.4, -0.2) is 27.2 Å². The molecule has 1 aliphatic rings. The predicted octanol–water partition coefficient (Wildman–Crippen LogP) is 3.46. The first-order chi connectivity index (χ1) is 16.1. The fourth-order valence-corrected chi connectivity index (χ4v) is 4.12. The van der Waals surface area contributed by atoms with E-state index >= 15 is 0 Å². The van der Waals surface area contributed by atoms with Crippen LogP contribution in [0.2, 0.25) is 0 Å². The van der Waals surface area contributed by atoms with Crippen molar-refractivity contribution in [2.45, 2.75) is 25.5 Å². The summed E-state index contributed by atoms with van der Waals surface area (Å²) in [5, 5.41) is 15.2. The maximum Gasteiger partial charge on any atom is 0.341 e. The van der Waals surface area contributed by atoms with Crippen LogP contribution in [0.15, 0.2) is 65.2 Å². The summed E-state index contributed by atoms with van der Waals surface area (Å²) in [5.74, 6) is 2.12. The van der Waals surface area contributed by atoms with E-state index in [4.69, 9.17) is 26.0 Å². The second kappa shape index (κ2) is 8.63. The number of ether oxygens (including phenoxy) is 1. The monoisotopic (exact) mass is 439 g/mol. The number of nitrogens with two attached hydrogens (primary N) is 2. The van der Waals surface area contributed by atoms with Crippen molar-refractivity contribution >= 4 is 16.7 Å². The lowest BCUT2D eigenvalue weighted by molar-refractivity contribution is -0.555. The largest absolute Gasteiger partial charge is 0.489 e. The minimum absolute atomic E-state index is 0.0764. The summed E-state index contributed by atoms with van der Waals surface area (Å²) in [6, 6.07) is 21.4. The van der Waals surface area contributed by atoms with Crippen LogP contribution >= 0.6 is 0 Å². The number of fused-ring (bicyclic) bond motifs is 1. The molecule has 0 bridgehead atoms. The van der Waals surface area contributed by atoms with Gasteiger partial charge < -0.3 is 9.26 Å². The van der Waals surface area contributed by atoms with E-state index in [9.17, 15) is 0 Å². The van der Waals surface area contributed by atoms with Gasteiger partial charge in [-0.15, -0.1) is 0 Å². The maximum atomic E-state index is 8.90. The van der Waals surface area contributed by atoms with Gasteiger partial charge in [-0.05, 0) is 59.5 Å². The molecule has 1 fully saturated rings. The Balaban J connectivity index is 1.33. The van der Waals surface area contributed by atoms with Gasteiger partial charge >= 0.3 is 5.96 Å². The van der Waals surface area contributed by atoms with Crippen LogP contribution in [0.25, 0.3) is 22.2 Å². The van der Waals surface area contributed by atoms with E-state index in [1.165, 1.54) is 0 Å². The first-order valence-corrected chi connectivity index (χ1v) is 10.7. The fraction of sp³-hybridized carbons (Fsp3) is 0.200. The summed E-state index contributed by atoms with van der Waals surface area (Å²) in [7, 11) is 0. The first kappa shape index (κ1) is 20.5. The van der Waals surface area contributed by atoms with Gasteiger partial charge in [-0.2, -0.15) is 10.2 Å². The van der Waals surface area contributed by atoms with Crippen LogP contribution in [0.3, 0.4) is 0 Å². The van der Waals surface area contributed by atoms with Crippen LogP contribution in [0.1, 0.15) is 35.9 Å². The van der Waals surface area contributed by atoms with Crippen LogP contribution in [0, 0.1) is 11.3 Å². The number of nitriles is 1. The quantitative estimate of drug-likeness (QED) is 0.360. The third-order valence-corrected chi connectivity index (χ3v) is 5.87. The van der Waals surface area contributed by atoms with Crippen LogP contribution in [0.5, 0.6) is 5.75 Å². The second-order valence-corrected chi connectivity index (χ2v) is 8.05. The molecular formula is C25H23N6O2+. The van der Waals surface area contributed by atoms with Crippen molar-refractivity contribution in [1.29, 1.82) is 5.26 Å². The summed E-state index contributed by atoms with van der Waals surface area (Å²) in [5.41, 5.74) is 14.1. The van der Waals surface area contributed by atoms with Crippen molar-refractivity contribution in [2.75, 3.05) is 6.54 Å². The molecule has 0 spiro atoms. The van der Waals surface area contributed by atoms with Gasteiger partial charge in [0, 0.05) is 5.56 Å². The highest BCUT2D eigenvalue weighted by molar-refractivity contribution is 5.87. The summed E-state index contributed by atoms with van der Waals surface area (Å²) in [4.78, 5) is 4.61. The highest BCUT2D eigenvalue weighted by Gasteiger charge is 2.31. The van der Waals surface area contributed by atoms with Gasteiger partial charge in [0.25, 0.3) is 5.89 Å². The average Bonchev–Trinajstić information content (AvgIpc) is 3.52. The van der Waals surface area contributed by atoms with Crippen molar-refractivity contribution in [3.05, 3.63) is 77.7 Å². The van der Waals surface area contributed by atoms with Gasteiger partial charge in [0.05, 0.1) is 18.2 Å². The van der Waals surface area contributed by atoms with Crippen LogP contribution in [0.4, 0.5) is 0 Å². The number of hydrogen-bond acceptors (Lipinski definition) is 5. The zero-order chi connectivity index (χ0) is 22.8. The molecule has 4 N–H and O–H groups in total. The number of benzene rings is 3. The molecule has 5 rings (SSSR count).